The molecule has 5 rings (SSSR count). The summed E-state index contributed by atoms with van der Waals surface area (Å²) >= 11 is 0. The molecule has 1 aromatic carbocycles. The van der Waals surface area contributed by atoms with Crippen LogP contribution in [0.25, 0.3) is 0 Å². The lowest BCUT2D eigenvalue weighted by Gasteiger charge is -2.20. The van der Waals surface area contributed by atoms with Gasteiger partial charge in [0.15, 0.2) is 12.1 Å². The minimum absolute atomic E-state index is 0.00488. The van der Waals surface area contributed by atoms with Crippen LogP contribution in [-0.2, 0) is 25.3 Å². The number of rotatable bonds is 9. The van der Waals surface area contributed by atoms with E-state index in [1.165, 1.54) is 4.57 Å². The number of aldehydes is 1. The maximum absolute atomic E-state index is 13.1. The molecule has 1 unspecified atom stereocenters. The fourth-order valence-electron chi connectivity index (χ4n) is 5.29. The third-order valence-electron chi connectivity index (χ3n) is 7.49. The maximum Gasteiger partial charge on any atom is 0.291 e. The van der Waals surface area contributed by atoms with Crippen LogP contribution in [0.15, 0.2) is 47.7 Å². The summed E-state index contributed by atoms with van der Waals surface area (Å²) in [6, 6.07) is 5.45. The van der Waals surface area contributed by atoms with Crippen molar-refractivity contribution < 1.29 is 19.2 Å². The highest BCUT2D eigenvalue weighted by Gasteiger charge is 2.33. The van der Waals surface area contributed by atoms with Crippen molar-refractivity contribution in [2.75, 3.05) is 17.2 Å². The van der Waals surface area contributed by atoms with Gasteiger partial charge < -0.3 is 24.7 Å². The van der Waals surface area contributed by atoms with E-state index in [0.717, 1.165) is 36.0 Å². The number of hydrogen-bond acceptors (Lipinski definition) is 6. The zero-order valence-electron chi connectivity index (χ0n) is 23.4. The van der Waals surface area contributed by atoms with Gasteiger partial charge in [0.1, 0.15) is 0 Å². The standard InChI is InChI=1S/C30H33N7O4/c1-18-9-22-13-31-25-11-20(19(2)10-24(25)30(41)37(22)14-18)7-5-6-8-27(39)33-26-16-36(4)28(34-26)29(40)32-21-12-23(17-38)35(3)15-21/h10-13,15-17,22H,1,5-9,14H2,2-4H3,(H,32,40)(H,33,39). The molecule has 4 heterocycles. The number of aliphatic imine (C=N–C) groups is 1. The zero-order valence-corrected chi connectivity index (χ0v) is 23.4. The first-order chi connectivity index (χ1) is 19.6. The number of nitrogens with zero attached hydrogens (tertiary/aromatic N) is 5. The van der Waals surface area contributed by atoms with Crippen LogP contribution in [-0.4, -0.2) is 61.8 Å². The molecule has 0 radical (unpaired) electrons. The Kier molecular flexibility index (Phi) is 7.69. The summed E-state index contributed by atoms with van der Waals surface area (Å²) in [4.78, 5) is 60.1. The lowest BCUT2D eigenvalue weighted by Crippen LogP contribution is -2.35. The van der Waals surface area contributed by atoms with E-state index in [-0.39, 0.29) is 29.5 Å². The maximum atomic E-state index is 13.1. The number of anilines is 2. The Hall–Kier alpha value is -4.80. The molecule has 0 saturated carbocycles. The first-order valence-electron chi connectivity index (χ1n) is 13.5. The van der Waals surface area contributed by atoms with Crippen LogP contribution in [0.4, 0.5) is 17.2 Å². The lowest BCUT2D eigenvalue weighted by atomic mass is 9.98. The number of aromatic nitrogens is 3. The SMILES string of the molecule is C=C1CC2C=Nc3cc(CCCCC(=O)Nc4cn(C)c(C(=O)Nc5cc(C=O)n(C)c5)n4)c(C)cc3C(=O)N2C1. The van der Waals surface area contributed by atoms with Gasteiger partial charge in [0.05, 0.1) is 28.7 Å². The Morgan fingerprint density at radius 1 is 1.12 bits per heavy atom. The number of fused-ring (bicyclic) bond motifs is 2. The minimum Gasteiger partial charge on any atom is -0.346 e. The van der Waals surface area contributed by atoms with Crippen LogP contribution in [0.1, 0.15) is 68.3 Å². The van der Waals surface area contributed by atoms with Gasteiger partial charge in [-0.25, -0.2) is 4.98 Å². The molecule has 2 N–H and O–H groups in total. The number of benzene rings is 1. The van der Waals surface area contributed by atoms with Crippen LogP contribution >= 0.6 is 0 Å². The monoisotopic (exact) mass is 555 g/mol. The van der Waals surface area contributed by atoms with Crippen LogP contribution in [0, 0.1) is 6.92 Å². The predicted molar refractivity (Wildman–Crippen MR) is 156 cm³/mol. The highest BCUT2D eigenvalue weighted by molar-refractivity contribution is 6.04. The van der Waals surface area contributed by atoms with E-state index in [0.29, 0.717) is 48.3 Å². The number of unbranched alkanes of at least 4 members (excludes halogenated alkanes) is 1. The number of aryl methyl sites for hydroxylation is 4. The molecule has 0 aliphatic carbocycles. The van der Waals surface area contributed by atoms with Gasteiger partial charge in [-0.2, -0.15) is 0 Å². The van der Waals surface area contributed by atoms with Crippen LogP contribution < -0.4 is 10.6 Å². The topological polar surface area (TPSA) is 131 Å². The van der Waals surface area contributed by atoms with Crippen LogP contribution in [0.3, 0.4) is 0 Å². The summed E-state index contributed by atoms with van der Waals surface area (Å²) in [5.41, 5.74) is 5.41. The summed E-state index contributed by atoms with van der Waals surface area (Å²) in [6.07, 6.45) is 9.03. The fraction of sp³-hybridized carbons (Fsp3) is 0.333. The fourth-order valence-corrected chi connectivity index (χ4v) is 5.29. The molecule has 212 valence electrons. The number of imidazole rings is 1. The molecule has 2 aromatic heterocycles. The molecule has 11 nitrogen and oxygen atoms in total. The highest BCUT2D eigenvalue weighted by Crippen LogP contribution is 2.32. The summed E-state index contributed by atoms with van der Waals surface area (Å²) in [7, 11) is 3.38. The normalized spacial score (nSPS) is 15.9. The summed E-state index contributed by atoms with van der Waals surface area (Å²) in [6.45, 7) is 6.60. The molecular weight excluding hydrogens is 522 g/mol. The molecule has 0 spiro atoms. The highest BCUT2D eigenvalue weighted by atomic mass is 16.2. The molecule has 3 amide bonds. The second kappa shape index (κ2) is 11.4. The van der Waals surface area contributed by atoms with Gasteiger partial charge >= 0.3 is 0 Å². The number of carbonyl (C=O) groups excluding carboxylic acids is 4. The average Bonchev–Trinajstić information content (AvgIpc) is 3.58. The smallest absolute Gasteiger partial charge is 0.291 e. The number of nitrogens with one attached hydrogen (secondary N) is 2. The number of amides is 3. The summed E-state index contributed by atoms with van der Waals surface area (Å²) < 4.78 is 3.14. The van der Waals surface area contributed by atoms with E-state index in [4.69, 9.17) is 0 Å². The molecule has 1 atom stereocenters. The average molecular weight is 556 g/mol. The van der Waals surface area contributed by atoms with Gasteiger partial charge in [-0.3, -0.25) is 24.2 Å². The minimum atomic E-state index is -0.455. The lowest BCUT2D eigenvalue weighted by molar-refractivity contribution is -0.116. The Morgan fingerprint density at radius 2 is 1.93 bits per heavy atom. The molecule has 2 aliphatic heterocycles. The van der Waals surface area contributed by atoms with Crippen molar-refractivity contribution in [3.63, 3.8) is 0 Å². The third kappa shape index (κ3) is 5.88. The number of hydrogen-bond donors (Lipinski definition) is 2. The van der Waals surface area contributed by atoms with E-state index < -0.39 is 5.91 Å². The molecule has 0 bridgehead atoms. The Morgan fingerprint density at radius 3 is 2.68 bits per heavy atom. The van der Waals surface area contributed by atoms with Gasteiger partial charge in [0, 0.05) is 45.7 Å². The van der Waals surface area contributed by atoms with E-state index in [1.807, 2.05) is 30.2 Å². The quantitative estimate of drug-likeness (QED) is 0.234. The summed E-state index contributed by atoms with van der Waals surface area (Å²) in [5, 5.41) is 5.47. The molecule has 11 heteroatoms. The van der Waals surface area contributed by atoms with Crippen molar-refractivity contribution in [1.29, 1.82) is 0 Å². The molecule has 1 saturated heterocycles. The largest absolute Gasteiger partial charge is 0.346 e. The second-order valence-corrected chi connectivity index (χ2v) is 10.7. The van der Waals surface area contributed by atoms with E-state index in [9.17, 15) is 19.2 Å². The van der Waals surface area contributed by atoms with E-state index >= 15 is 0 Å². The second-order valence-electron chi connectivity index (χ2n) is 10.7. The van der Waals surface area contributed by atoms with Crippen LogP contribution in [0.5, 0.6) is 0 Å². The van der Waals surface area contributed by atoms with Crippen molar-refractivity contribution >= 4 is 47.4 Å². The van der Waals surface area contributed by atoms with Gasteiger partial charge in [0.25, 0.3) is 11.8 Å². The van der Waals surface area contributed by atoms with Gasteiger partial charge in [-0.15, -0.1) is 0 Å². The first-order valence-corrected chi connectivity index (χ1v) is 13.5. The van der Waals surface area contributed by atoms with E-state index in [2.05, 4.69) is 27.2 Å². The molecule has 41 heavy (non-hydrogen) atoms. The zero-order chi connectivity index (χ0) is 29.3. The van der Waals surface area contributed by atoms with Gasteiger partial charge in [-0.05, 0) is 61.9 Å². The first kappa shape index (κ1) is 27.8. The van der Waals surface area contributed by atoms with Gasteiger partial charge in [0.2, 0.25) is 11.7 Å². The van der Waals surface area contributed by atoms with Crippen molar-refractivity contribution in [3.05, 3.63) is 71.0 Å². The molecule has 2 aliphatic rings. The van der Waals surface area contributed by atoms with Crippen molar-refractivity contribution in [1.82, 2.24) is 19.0 Å². The van der Waals surface area contributed by atoms with Crippen molar-refractivity contribution in [2.45, 2.75) is 45.1 Å². The van der Waals surface area contributed by atoms with E-state index in [1.54, 1.807) is 37.1 Å². The van der Waals surface area contributed by atoms with Crippen LogP contribution in [0.2, 0.25) is 0 Å². The van der Waals surface area contributed by atoms with Crippen molar-refractivity contribution in [3.8, 4) is 0 Å². The molecule has 1 fully saturated rings. The third-order valence-corrected chi connectivity index (χ3v) is 7.49. The summed E-state index contributed by atoms with van der Waals surface area (Å²) in [5.74, 6) is -0.233. The molecule has 3 aromatic rings. The Labute approximate surface area is 238 Å². The predicted octanol–water partition coefficient (Wildman–Crippen LogP) is 3.97. The Bertz CT molecular complexity index is 1600. The Balaban J connectivity index is 1.13. The molecular formula is C30H33N7O4. The van der Waals surface area contributed by atoms with Gasteiger partial charge in [-0.1, -0.05) is 12.2 Å². The van der Waals surface area contributed by atoms with Crippen molar-refractivity contribution in [2.24, 2.45) is 19.1 Å². The number of carbonyl (C=O) groups is 4.